The van der Waals surface area contributed by atoms with E-state index in [1.54, 1.807) is 10.7 Å². The first-order chi connectivity index (χ1) is 13.0. The number of hydrogen-bond donors (Lipinski definition) is 2. The van der Waals surface area contributed by atoms with E-state index in [-0.39, 0.29) is 12.3 Å². The Kier molecular flexibility index (Phi) is 6.03. The SMILES string of the molecule is Cc1cc(C)n(-c2cc(NCCNC(=O)Cc3ccccc3Cl)ncn2)n1. The van der Waals surface area contributed by atoms with Crippen molar-refractivity contribution in [1.82, 2.24) is 25.1 Å². The highest BCUT2D eigenvalue weighted by atomic mass is 35.5. The summed E-state index contributed by atoms with van der Waals surface area (Å²) in [5.41, 5.74) is 2.75. The van der Waals surface area contributed by atoms with Crippen molar-refractivity contribution in [3.63, 3.8) is 0 Å². The normalized spacial score (nSPS) is 10.6. The molecule has 0 saturated carbocycles. The molecule has 0 saturated heterocycles. The highest BCUT2D eigenvalue weighted by Gasteiger charge is 2.08. The monoisotopic (exact) mass is 384 g/mol. The number of rotatable bonds is 7. The molecule has 3 aromatic rings. The van der Waals surface area contributed by atoms with Gasteiger partial charge >= 0.3 is 0 Å². The summed E-state index contributed by atoms with van der Waals surface area (Å²) < 4.78 is 1.77. The molecule has 8 heteroatoms. The van der Waals surface area contributed by atoms with Crippen molar-refractivity contribution >= 4 is 23.3 Å². The molecule has 0 atom stereocenters. The highest BCUT2D eigenvalue weighted by Crippen LogP contribution is 2.15. The maximum absolute atomic E-state index is 12.0. The van der Waals surface area contributed by atoms with Gasteiger partial charge in [0.1, 0.15) is 12.1 Å². The van der Waals surface area contributed by atoms with E-state index in [2.05, 4.69) is 25.7 Å². The number of carbonyl (C=O) groups is 1. The lowest BCUT2D eigenvalue weighted by molar-refractivity contribution is -0.120. The minimum atomic E-state index is -0.0732. The maximum atomic E-state index is 12.0. The Morgan fingerprint density at radius 3 is 2.70 bits per heavy atom. The Bertz CT molecular complexity index is 939. The molecule has 2 aromatic heterocycles. The van der Waals surface area contributed by atoms with Crippen LogP contribution in [0.2, 0.25) is 5.02 Å². The largest absolute Gasteiger partial charge is 0.368 e. The number of hydrogen-bond acceptors (Lipinski definition) is 5. The van der Waals surface area contributed by atoms with Gasteiger partial charge in [0.15, 0.2) is 5.82 Å². The van der Waals surface area contributed by atoms with Crippen molar-refractivity contribution in [2.75, 3.05) is 18.4 Å². The van der Waals surface area contributed by atoms with Crippen molar-refractivity contribution in [3.8, 4) is 5.82 Å². The van der Waals surface area contributed by atoms with E-state index in [4.69, 9.17) is 11.6 Å². The van der Waals surface area contributed by atoms with Crippen molar-refractivity contribution in [1.29, 1.82) is 0 Å². The number of aromatic nitrogens is 4. The van der Waals surface area contributed by atoms with Crippen molar-refractivity contribution in [3.05, 3.63) is 64.7 Å². The quantitative estimate of drug-likeness (QED) is 0.612. The fraction of sp³-hybridized carbons (Fsp3) is 0.263. The Morgan fingerprint density at radius 1 is 1.15 bits per heavy atom. The second-order valence-corrected chi connectivity index (χ2v) is 6.55. The zero-order valence-corrected chi connectivity index (χ0v) is 16.0. The fourth-order valence-electron chi connectivity index (χ4n) is 2.69. The summed E-state index contributed by atoms with van der Waals surface area (Å²) in [5, 5.41) is 11.1. The Balaban J connectivity index is 1.49. The standard InChI is InChI=1S/C19H21ClN6O/c1-13-9-14(2)26(25-13)18-11-17(23-12-24-18)21-7-8-22-19(27)10-15-5-3-4-6-16(15)20/h3-6,9,11-12H,7-8,10H2,1-2H3,(H,22,27)(H,21,23,24). The summed E-state index contributed by atoms with van der Waals surface area (Å²) >= 11 is 6.07. The molecule has 7 nitrogen and oxygen atoms in total. The molecule has 140 valence electrons. The smallest absolute Gasteiger partial charge is 0.224 e. The molecule has 2 heterocycles. The number of aryl methyl sites for hydroxylation is 2. The summed E-state index contributed by atoms with van der Waals surface area (Å²) in [7, 11) is 0. The van der Waals surface area contributed by atoms with Crippen molar-refractivity contribution in [2.24, 2.45) is 0 Å². The van der Waals surface area contributed by atoms with Gasteiger partial charge in [0.05, 0.1) is 12.1 Å². The number of halogens is 1. The van der Waals surface area contributed by atoms with E-state index in [1.165, 1.54) is 6.33 Å². The molecule has 0 spiro atoms. The van der Waals surface area contributed by atoms with Gasteiger partial charge in [-0.15, -0.1) is 0 Å². The first-order valence-electron chi connectivity index (χ1n) is 8.62. The van der Waals surface area contributed by atoms with Crippen molar-refractivity contribution < 1.29 is 4.79 Å². The van der Waals surface area contributed by atoms with E-state index in [1.807, 2.05) is 44.2 Å². The van der Waals surface area contributed by atoms with Crippen LogP contribution in [0.15, 0.2) is 42.7 Å². The van der Waals surface area contributed by atoms with Gasteiger partial charge in [0, 0.05) is 29.9 Å². The molecule has 0 aliphatic heterocycles. The molecule has 0 aliphatic rings. The molecular formula is C19H21ClN6O. The molecule has 3 rings (SSSR count). The van der Waals surface area contributed by atoms with Gasteiger partial charge in [-0.25, -0.2) is 14.6 Å². The zero-order valence-electron chi connectivity index (χ0n) is 15.2. The Morgan fingerprint density at radius 2 is 1.96 bits per heavy atom. The second kappa shape index (κ2) is 8.64. The Labute approximate surface area is 162 Å². The predicted molar refractivity (Wildman–Crippen MR) is 105 cm³/mol. The summed E-state index contributed by atoms with van der Waals surface area (Å²) in [6, 6.07) is 11.2. The average molecular weight is 385 g/mol. The first-order valence-corrected chi connectivity index (χ1v) is 9.00. The van der Waals surface area contributed by atoms with Crippen LogP contribution in [0, 0.1) is 13.8 Å². The van der Waals surface area contributed by atoms with Gasteiger partial charge in [0.25, 0.3) is 0 Å². The van der Waals surface area contributed by atoms with E-state index in [0.29, 0.717) is 29.7 Å². The van der Waals surface area contributed by atoms with Gasteiger partial charge in [-0.2, -0.15) is 5.10 Å². The Hall–Kier alpha value is -2.93. The number of nitrogens with one attached hydrogen (secondary N) is 2. The maximum Gasteiger partial charge on any atom is 0.224 e. The van der Waals surface area contributed by atoms with Crippen LogP contribution >= 0.6 is 11.6 Å². The van der Waals surface area contributed by atoms with Gasteiger partial charge in [0.2, 0.25) is 5.91 Å². The van der Waals surface area contributed by atoms with Gasteiger partial charge < -0.3 is 10.6 Å². The molecular weight excluding hydrogens is 364 g/mol. The van der Waals surface area contributed by atoms with Crippen LogP contribution in [0.3, 0.4) is 0 Å². The number of benzene rings is 1. The van der Waals surface area contributed by atoms with Crippen LogP contribution in [-0.4, -0.2) is 38.7 Å². The first kappa shape index (κ1) is 18.8. The number of nitrogens with zero attached hydrogens (tertiary/aromatic N) is 4. The molecule has 0 unspecified atom stereocenters. The topological polar surface area (TPSA) is 84.7 Å². The van der Waals surface area contributed by atoms with Gasteiger partial charge in [-0.3, -0.25) is 4.79 Å². The predicted octanol–water partition coefficient (Wildman–Crippen LogP) is 2.70. The highest BCUT2D eigenvalue weighted by molar-refractivity contribution is 6.31. The molecule has 2 N–H and O–H groups in total. The summed E-state index contributed by atoms with van der Waals surface area (Å²) in [6.45, 7) is 4.93. The average Bonchev–Trinajstić information content (AvgIpc) is 2.99. The third-order valence-corrected chi connectivity index (χ3v) is 4.31. The minimum Gasteiger partial charge on any atom is -0.368 e. The molecule has 0 fully saturated rings. The van der Waals surface area contributed by atoms with Crippen molar-refractivity contribution in [2.45, 2.75) is 20.3 Å². The van der Waals surface area contributed by atoms with E-state index < -0.39 is 0 Å². The van der Waals surface area contributed by atoms with Crippen LogP contribution in [0.4, 0.5) is 5.82 Å². The van der Waals surface area contributed by atoms with Crippen LogP contribution in [0.25, 0.3) is 5.82 Å². The summed E-state index contributed by atoms with van der Waals surface area (Å²) in [5.74, 6) is 1.30. The van der Waals surface area contributed by atoms with Gasteiger partial charge in [-0.1, -0.05) is 29.8 Å². The van der Waals surface area contributed by atoms with Gasteiger partial charge in [-0.05, 0) is 31.5 Å². The summed E-state index contributed by atoms with van der Waals surface area (Å²) in [6.07, 6.45) is 1.75. The summed E-state index contributed by atoms with van der Waals surface area (Å²) in [4.78, 5) is 20.5. The zero-order chi connectivity index (χ0) is 19.2. The number of anilines is 1. The third kappa shape index (κ3) is 5.04. The van der Waals surface area contributed by atoms with E-state index in [0.717, 1.165) is 17.0 Å². The lowest BCUT2D eigenvalue weighted by atomic mass is 10.1. The van der Waals surface area contributed by atoms with Crippen LogP contribution in [-0.2, 0) is 11.2 Å². The second-order valence-electron chi connectivity index (χ2n) is 6.15. The molecule has 0 radical (unpaired) electrons. The van der Waals surface area contributed by atoms with E-state index >= 15 is 0 Å². The molecule has 1 amide bonds. The number of amides is 1. The fourth-order valence-corrected chi connectivity index (χ4v) is 2.89. The van der Waals surface area contributed by atoms with Crippen LogP contribution in [0.5, 0.6) is 0 Å². The molecule has 0 aliphatic carbocycles. The lowest BCUT2D eigenvalue weighted by Gasteiger charge is -2.09. The lowest BCUT2D eigenvalue weighted by Crippen LogP contribution is -2.30. The van der Waals surface area contributed by atoms with Crippen LogP contribution < -0.4 is 10.6 Å². The van der Waals surface area contributed by atoms with Crippen LogP contribution in [0.1, 0.15) is 17.0 Å². The van der Waals surface area contributed by atoms with E-state index in [9.17, 15) is 4.79 Å². The third-order valence-electron chi connectivity index (χ3n) is 3.94. The minimum absolute atomic E-state index is 0.0732. The molecule has 27 heavy (non-hydrogen) atoms. The number of carbonyl (C=O) groups excluding carboxylic acids is 1. The molecule has 1 aromatic carbocycles. The molecule has 0 bridgehead atoms.